The van der Waals surface area contributed by atoms with Gasteiger partial charge in [-0.3, -0.25) is 29.5 Å². The molecule has 0 aliphatic rings. The minimum Gasteiger partial charge on any atom is -0.481 e. The molecule has 0 aromatic carbocycles. The highest BCUT2D eigenvalue weighted by Crippen LogP contribution is 1.89. The molecule has 0 spiro atoms. The minimum absolute atomic E-state index is 0.380. The van der Waals surface area contributed by atoms with Crippen molar-refractivity contribution in [1.29, 1.82) is 0 Å². The monoisotopic (exact) mass is 350 g/mol. The van der Waals surface area contributed by atoms with E-state index < -0.39 is 11.9 Å². The average Bonchev–Trinajstić information content (AvgIpc) is 2.50. The Bertz CT molecular complexity index is 360. The number of hydrogen-bond acceptors (Lipinski definition) is 6. The second kappa shape index (κ2) is 16.0. The molecule has 0 rings (SSSR count). The summed E-state index contributed by atoms with van der Waals surface area (Å²) in [5.74, 6) is 10.3. The maximum Gasteiger partial charge on any atom is 0.320 e. The molecular weight excluding hydrogens is 316 g/mol. The Morgan fingerprint density at radius 3 is 1.50 bits per heavy atom. The summed E-state index contributed by atoms with van der Waals surface area (Å²) in [7, 11) is 3.47. The maximum atomic E-state index is 10.1. The van der Waals surface area contributed by atoms with Crippen LogP contribution in [0.4, 0.5) is 0 Å². The molecule has 6 N–H and O–H groups in total. The number of carboxylic acid groups (broad SMARTS) is 2. The van der Waals surface area contributed by atoms with Gasteiger partial charge in [0, 0.05) is 26.6 Å². The second-order valence-electron chi connectivity index (χ2n) is 4.84. The highest BCUT2D eigenvalue weighted by Gasteiger charge is 2.11. The lowest BCUT2D eigenvalue weighted by atomic mass is 10.3. The molecule has 0 fully saturated rings. The second-order valence-corrected chi connectivity index (χ2v) is 4.84. The van der Waals surface area contributed by atoms with E-state index in [9.17, 15) is 4.79 Å². The van der Waals surface area contributed by atoms with Gasteiger partial charge in [-0.15, -0.1) is 0 Å². The number of guanidine groups is 1. The Balaban J connectivity index is -0.000000316. The van der Waals surface area contributed by atoms with Crippen molar-refractivity contribution in [2.24, 2.45) is 16.7 Å². The van der Waals surface area contributed by atoms with Crippen LogP contribution in [0.5, 0.6) is 0 Å². The van der Waals surface area contributed by atoms with E-state index in [0.717, 1.165) is 6.92 Å². The van der Waals surface area contributed by atoms with Gasteiger partial charge in [-0.05, 0) is 41.8 Å². The van der Waals surface area contributed by atoms with Crippen molar-refractivity contribution in [3.8, 4) is 0 Å². The predicted octanol–water partition coefficient (Wildman–Crippen LogP) is -0.134. The average molecular weight is 350 g/mol. The van der Waals surface area contributed by atoms with Crippen LogP contribution in [0.25, 0.3) is 0 Å². The lowest BCUT2D eigenvalue weighted by Gasteiger charge is -2.25. The Kier molecular flexibility index (Phi) is 17.9. The van der Waals surface area contributed by atoms with Crippen molar-refractivity contribution in [2.75, 3.05) is 33.7 Å². The molecule has 0 amide bonds. The van der Waals surface area contributed by atoms with Gasteiger partial charge in [0.15, 0.2) is 0 Å². The van der Waals surface area contributed by atoms with Crippen molar-refractivity contribution < 1.29 is 19.8 Å². The zero-order valence-corrected chi connectivity index (χ0v) is 15.9. The summed E-state index contributed by atoms with van der Waals surface area (Å²) in [5.41, 5.74) is 0. The molecule has 10 nitrogen and oxygen atoms in total. The van der Waals surface area contributed by atoms with Gasteiger partial charge in [-0.1, -0.05) is 0 Å². The third-order valence-corrected chi connectivity index (χ3v) is 2.63. The maximum absolute atomic E-state index is 10.1. The zero-order chi connectivity index (χ0) is 19.9. The summed E-state index contributed by atoms with van der Waals surface area (Å²) < 4.78 is 0. The van der Waals surface area contributed by atoms with Gasteiger partial charge in [0.2, 0.25) is 5.96 Å². The molecule has 10 heteroatoms. The highest BCUT2D eigenvalue weighted by molar-refractivity contribution is 5.78. The molecule has 1 atom stereocenters. The standard InChI is InChI=1S/C7H19N5.C5H11NO2.C2H4O2/c1-4-10-7(11(8)5-2)12(9)6-3;1-4(5(7)8)6(2)3;1-2(3)4/h4-6,8-9H2,1-3H3;4H,1-3H3,(H,7,8);1H3,(H,3,4). The van der Waals surface area contributed by atoms with E-state index >= 15 is 0 Å². The van der Waals surface area contributed by atoms with Gasteiger partial charge in [0.05, 0.1) is 0 Å². The predicted molar refractivity (Wildman–Crippen MR) is 95.2 cm³/mol. The number of carboxylic acids is 2. The third-order valence-electron chi connectivity index (χ3n) is 2.63. The van der Waals surface area contributed by atoms with Gasteiger partial charge in [0.1, 0.15) is 6.04 Å². The Morgan fingerprint density at radius 2 is 1.38 bits per heavy atom. The van der Waals surface area contributed by atoms with Crippen LogP contribution in [0.1, 0.15) is 34.6 Å². The lowest BCUT2D eigenvalue weighted by Crippen LogP contribution is -2.51. The van der Waals surface area contributed by atoms with E-state index in [2.05, 4.69) is 4.99 Å². The van der Waals surface area contributed by atoms with Crippen LogP contribution in [0.3, 0.4) is 0 Å². The van der Waals surface area contributed by atoms with Crippen molar-refractivity contribution >= 4 is 17.9 Å². The first-order valence-electron chi connectivity index (χ1n) is 7.63. The van der Waals surface area contributed by atoms with Crippen LogP contribution in [0.15, 0.2) is 4.99 Å². The van der Waals surface area contributed by atoms with E-state index in [1.165, 1.54) is 10.0 Å². The number of nitrogens with zero attached hydrogens (tertiary/aromatic N) is 4. The molecule has 0 saturated heterocycles. The molecular formula is C14H34N6O4. The van der Waals surface area contributed by atoms with Crippen molar-refractivity contribution in [3.63, 3.8) is 0 Å². The summed E-state index contributed by atoms with van der Waals surface area (Å²) in [4.78, 5) is 24.9. The molecule has 0 bridgehead atoms. The number of aliphatic carboxylic acids is 2. The van der Waals surface area contributed by atoms with Crippen LogP contribution in [-0.4, -0.2) is 82.8 Å². The molecule has 0 aliphatic heterocycles. The van der Waals surface area contributed by atoms with Crippen LogP contribution in [0.2, 0.25) is 0 Å². The number of nitrogens with two attached hydrogens (primary N) is 2. The van der Waals surface area contributed by atoms with E-state index in [0.29, 0.717) is 25.6 Å². The first-order chi connectivity index (χ1) is 11.0. The van der Waals surface area contributed by atoms with Crippen molar-refractivity contribution in [2.45, 2.75) is 40.7 Å². The van der Waals surface area contributed by atoms with Crippen LogP contribution >= 0.6 is 0 Å². The van der Waals surface area contributed by atoms with Gasteiger partial charge < -0.3 is 10.2 Å². The van der Waals surface area contributed by atoms with Crippen LogP contribution < -0.4 is 11.7 Å². The fourth-order valence-electron chi connectivity index (χ4n) is 0.992. The van der Waals surface area contributed by atoms with Gasteiger partial charge >= 0.3 is 5.97 Å². The normalized spacial score (nSPS) is 10.4. The molecule has 0 aliphatic carbocycles. The minimum atomic E-state index is -0.833. The van der Waals surface area contributed by atoms with Crippen LogP contribution in [-0.2, 0) is 9.59 Å². The topological polar surface area (TPSA) is 149 Å². The Hall–Kier alpha value is -1.91. The molecule has 1 unspecified atom stereocenters. The largest absolute Gasteiger partial charge is 0.481 e. The summed E-state index contributed by atoms with van der Waals surface area (Å²) in [6.07, 6.45) is 0. The Morgan fingerprint density at radius 1 is 1.04 bits per heavy atom. The fourth-order valence-corrected chi connectivity index (χ4v) is 0.992. The zero-order valence-electron chi connectivity index (χ0n) is 15.9. The number of rotatable bonds is 5. The molecule has 0 aromatic heterocycles. The summed E-state index contributed by atoms with van der Waals surface area (Å²) in [5, 5.41) is 18.8. The van der Waals surface area contributed by atoms with E-state index in [4.69, 9.17) is 26.7 Å². The van der Waals surface area contributed by atoms with Crippen LogP contribution in [0, 0.1) is 0 Å². The SMILES string of the molecule is CC(=O)O.CC(C(=O)O)N(C)C.CCN=C(N(N)CC)N(N)CC. The number of aliphatic imine (C=N–C) groups is 1. The quantitative estimate of drug-likeness (QED) is 0.230. The van der Waals surface area contributed by atoms with Crippen molar-refractivity contribution in [3.05, 3.63) is 0 Å². The van der Waals surface area contributed by atoms with Gasteiger partial charge in [-0.25, -0.2) is 11.7 Å². The molecule has 0 aromatic rings. The number of hydrazine groups is 2. The number of likely N-dealkylation sites (N-methyl/N-ethyl adjacent to an activating group) is 1. The fraction of sp³-hybridized carbons (Fsp3) is 0.786. The highest BCUT2D eigenvalue weighted by atomic mass is 16.4. The summed E-state index contributed by atoms with van der Waals surface area (Å²) in [6, 6.07) is -0.380. The summed E-state index contributed by atoms with van der Waals surface area (Å²) >= 11 is 0. The molecule has 0 saturated carbocycles. The van der Waals surface area contributed by atoms with E-state index in [1.807, 2.05) is 20.8 Å². The first-order valence-corrected chi connectivity index (χ1v) is 7.63. The number of carbonyl (C=O) groups is 2. The first kappa shape index (κ1) is 27.0. The molecule has 24 heavy (non-hydrogen) atoms. The van der Waals surface area contributed by atoms with Crippen molar-refractivity contribution in [1.82, 2.24) is 14.9 Å². The van der Waals surface area contributed by atoms with Gasteiger partial charge in [-0.2, -0.15) is 0 Å². The van der Waals surface area contributed by atoms with E-state index in [1.54, 1.807) is 25.9 Å². The van der Waals surface area contributed by atoms with Gasteiger partial charge in [0.25, 0.3) is 5.97 Å². The van der Waals surface area contributed by atoms with E-state index in [-0.39, 0.29) is 6.04 Å². The third kappa shape index (κ3) is 16.5. The Labute approximate surface area is 144 Å². The molecule has 144 valence electrons. The molecule has 0 heterocycles. The summed E-state index contributed by atoms with van der Waals surface area (Å²) in [6.45, 7) is 10.7. The lowest BCUT2D eigenvalue weighted by molar-refractivity contribution is -0.141. The molecule has 0 radical (unpaired) electrons. The number of hydrogen-bond donors (Lipinski definition) is 4. The smallest absolute Gasteiger partial charge is 0.320 e.